The van der Waals surface area contributed by atoms with E-state index in [1.165, 1.54) is 0 Å². The van der Waals surface area contributed by atoms with Crippen LogP contribution in [0.2, 0.25) is 0 Å². The number of unbranched alkanes of at least 4 members (excludes halogenated alkanes) is 2. The lowest BCUT2D eigenvalue weighted by molar-refractivity contribution is -0.00354. The Morgan fingerprint density at radius 1 is 1.36 bits per heavy atom. The van der Waals surface area contributed by atoms with E-state index in [-0.39, 0.29) is 5.04 Å². The van der Waals surface area contributed by atoms with Crippen molar-refractivity contribution < 1.29 is 13.2 Å². The average molecular weight is 218 g/mol. The minimum atomic E-state index is -3.37. The van der Waals surface area contributed by atoms with Crippen molar-refractivity contribution in [2.45, 2.75) is 51.7 Å². The molecule has 0 rings (SSSR count). The maximum absolute atomic E-state index is 11.6. The Kier molecular flexibility index (Phi) is 5.65. The monoisotopic (exact) mass is 218 g/mol. The normalized spacial score (nSPS) is 11.4. The van der Waals surface area contributed by atoms with E-state index in [1.54, 1.807) is 13.8 Å². The van der Waals surface area contributed by atoms with Gasteiger partial charge in [0.2, 0.25) is 0 Å². The Hall–Kier alpha value is -0.670. The summed E-state index contributed by atoms with van der Waals surface area (Å²) in [5.74, 6) is 0. The lowest BCUT2D eigenvalue weighted by Crippen LogP contribution is -2.24. The fourth-order valence-electron chi connectivity index (χ4n) is 1.05. The maximum atomic E-state index is 11.6. The summed E-state index contributed by atoms with van der Waals surface area (Å²) in [4.78, 5) is 2.88. The Morgan fingerprint density at radius 3 is 2.29 bits per heavy atom. The van der Waals surface area contributed by atoms with Gasteiger partial charge in [0, 0.05) is 0 Å². The van der Waals surface area contributed by atoms with Gasteiger partial charge in [-0.2, -0.15) is 4.79 Å². The van der Waals surface area contributed by atoms with Crippen LogP contribution in [0.15, 0.2) is 0 Å². The second-order valence-electron chi connectivity index (χ2n) is 3.54. The van der Waals surface area contributed by atoms with Gasteiger partial charge in [0.05, 0.1) is 11.7 Å². The van der Waals surface area contributed by atoms with Crippen molar-refractivity contribution in [3.8, 4) is 0 Å². The van der Waals surface area contributed by atoms with Crippen LogP contribution >= 0.6 is 0 Å². The second-order valence-corrected chi connectivity index (χ2v) is 6.05. The first kappa shape index (κ1) is 13.3. The van der Waals surface area contributed by atoms with E-state index in [9.17, 15) is 8.42 Å². The van der Waals surface area contributed by atoms with Gasteiger partial charge in [0.25, 0.3) is 9.84 Å². The van der Waals surface area contributed by atoms with Crippen LogP contribution < -0.4 is 0 Å². The molecule has 5 heteroatoms. The van der Waals surface area contributed by atoms with Crippen LogP contribution in [0.4, 0.5) is 0 Å². The molecule has 0 aliphatic heterocycles. The molecule has 0 fully saturated rings. The van der Waals surface area contributed by atoms with Crippen LogP contribution in [0, 0.1) is 0 Å². The third-order valence-corrected chi connectivity index (χ3v) is 4.24. The average Bonchev–Trinajstić information content (AvgIpc) is 2.12. The summed E-state index contributed by atoms with van der Waals surface area (Å²) >= 11 is 0. The van der Waals surface area contributed by atoms with Crippen molar-refractivity contribution in [3.63, 3.8) is 0 Å². The van der Waals surface area contributed by atoms with Gasteiger partial charge < -0.3 is 5.53 Å². The highest BCUT2D eigenvalue weighted by atomic mass is 32.2. The molecule has 0 aliphatic carbocycles. The van der Waals surface area contributed by atoms with E-state index in [0.29, 0.717) is 6.42 Å². The van der Waals surface area contributed by atoms with E-state index in [0.717, 1.165) is 19.3 Å². The molecule has 0 bridgehead atoms. The molecule has 0 spiro atoms. The summed E-state index contributed by atoms with van der Waals surface area (Å²) in [6.07, 6.45) is 3.06. The van der Waals surface area contributed by atoms with E-state index in [4.69, 9.17) is 5.53 Å². The highest BCUT2D eigenvalue weighted by molar-refractivity contribution is 8.06. The maximum Gasteiger partial charge on any atom is 0.381 e. The summed E-state index contributed by atoms with van der Waals surface area (Å²) in [6.45, 7) is 5.20. The Morgan fingerprint density at radius 2 is 1.93 bits per heavy atom. The predicted octanol–water partition coefficient (Wildman–Crippen LogP) is 2.02. The SMILES string of the molecule is CCCCCC(=[N+]=[N-])S(=O)(=O)C(C)C. The van der Waals surface area contributed by atoms with Gasteiger partial charge in [0.15, 0.2) is 0 Å². The van der Waals surface area contributed by atoms with Crippen LogP contribution in [0.5, 0.6) is 0 Å². The van der Waals surface area contributed by atoms with Gasteiger partial charge in [0.1, 0.15) is 0 Å². The third kappa shape index (κ3) is 3.60. The first-order chi connectivity index (χ1) is 6.46. The molecule has 4 nitrogen and oxygen atoms in total. The van der Waals surface area contributed by atoms with Crippen molar-refractivity contribution in [3.05, 3.63) is 5.53 Å². The Labute approximate surface area is 85.9 Å². The van der Waals surface area contributed by atoms with Crippen molar-refractivity contribution >= 4 is 14.9 Å². The van der Waals surface area contributed by atoms with E-state index in [2.05, 4.69) is 4.79 Å². The molecule has 14 heavy (non-hydrogen) atoms. The summed E-state index contributed by atoms with van der Waals surface area (Å²) in [6, 6.07) is 0. The topological polar surface area (TPSA) is 70.5 Å². The smallest absolute Gasteiger partial charge is 0.360 e. The van der Waals surface area contributed by atoms with Crippen LogP contribution in [0.25, 0.3) is 5.53 Å². The molecule has 0 aromatic rings. The zero-order chi connectivity index (χ0) is 11.2. The molecule has 0 unspecified atom stereocenters. The van der Waals surface area contributed by atoms with Gasteiger partial charge in [-0.1, -0.05) is 19.8 Å². The van der Waals surface area contributed by atoms with Crippen LogP contribution in [0.1, 0.15) is 46.5 Å². The van der Waals surface area contributed by atoms with Gasteiger partial charge in [-0.05, 0) is 20.3 Å². The zero-order valence-corrected chi connectivity index (χ0v) is 9.84. The molecular formula is C9H18N2O2S. The van der Waals surface area contributed by atoms with Gasteiger partial charge in [-0.15, -0.1) is 0 Å². The van der Waals surface area contributed by atoms with Crippen molar-refractivity contribution in [2.75, 3.05) is 0 Å². The largest absolute Gasteiger partial charge is 0.381 e. The van der Waals surface area contributed by atoms with Gasteiger partial charge >= 0.3 is 5.04 Å². The minimum Gasteiger partial charge on any atom is -0.360 e. The highest BCUT2D eigenvalue weighted by Crippen LogP contribution is 2.08. The lowest BCUT2D eigenvalue weighted by atomic mass is 10.2. The highest BCUT2D eigenvalue weighted by Gasteiger charge is 2.30. The number of sulfone groups is 1. The molecule has 0 amide bonds. The molecule has 0 aromatic heterocycles. The van der Waals surface area contributed by atoms with Crippen LogP contribution in [-0.4, -0.2) is 23.5 Å². The fourth-order valence-corrected chi connectivity index (χ4v) is 2.13. The van der Waals surface area contributed by atoms with Crippen molar-refractivity contribution in [2.24, 2.45) is 0 Å². The molecule has 0 aliphatic rings. The summed E-state index contributed by atoms with van der Waals surface area (Å²) in [5.41, 5.74) is 8.62. The summed E-state index contributed by atoms with van der Waals surface area (Å²) in [7, 11) is -3.37. The van der Waals surface area contributed by atoms with Crippen molar-refractivity contribution in [1.82, 2.24) is 0 Å². The molecule has 0 saturated heterocycles. The molecule has 0 aromatic carbocycles. The number of nitrogens with zero attached hydrogens (tertiary/aromatic N) is 2. The quantitative estimate of drug-likeness (QED) is 0.233. The van der Waals surface area contributed by atoms with Crippen LogP contribution in [0.3, 0.4) is 0 Å². The number of rotatable bonds is 5. The molecular weight excluding hydrogens is 200 g/mol. The van der Waals surface area contributed by atoms with E-state index >= 15 is 0 Å². The number of hydrogen-bond donors (Lipinski definition) is 0. The molecule has 0 heterocycles. The minimum absolute atomic E-state index is 0.0825. The Balaban J connectivity index is 4.53. The Bertz CT molecular complexity index is 314. The molecule has 0 atom stereocenters. The number of hydrogen-bond acceptors (Lipinski definition) is 2. The first-order valence-electron chi connectivity index (χ1n) is 4.91. The first-order valence-corrected chi connectivity index (χ1v) is 6.46. The molecule has 82 valence electrons. The third-order valence-electron chi connectivity index (χ3n) is 2.05. The summed E-state index contributed by atoms with van der Waals surface area (Å²) in [5, 5.41) is -0.601. The zero-order valence-electron chi connectivity index (χ0n) is 9.02. The van der Waals surface area contributed by atoms with E-state index < -0.39 is 15.1 Å². The van der Waals surface area contributed by atoms with Gasteiger partial charge in [-0.25, -0.2) is 8.42 Å². The standard InChI is InChI=1S/C9H18N2O2S/c1-4-5-6-7-9(11-10)14(12,13)8(2)3/h8H,4-7H2,1-3H3. The van der Waals surface area contributed by atoms with E-state index in [1.807, 2.05) is 6.92 Å². The molecule has 0 N–H and O–H groups in total. The van der Waals surface area contributed by atoms with Crippen molar-refractivity contribution in [1.29, 1.82) is 0 Å². The fraction of sp³-hybridized carbons (Fsp3) is 0.889. The lowest BCUT2D eigenvalue weighted by Gasteiger charge is -2.02. The van der Waals surface area contributed by atoms with Crippen LogP contribution in [-0.2, 0) is 9.84 Å². The second kappa shape index (κ2) is 5.94. The predicted molar refractivity (Wildman–Crippen MR) is 56.8 cm³/mol. The molecule has 0 saturated carbocycles. The molecule has 0 radical (unpaired) electrons. The van der Waals surface area contributed by atoms with Gasteiger partial charge in [-0.3, -0.25) is 0 Å². The summed E-state index contributed by atoms with van der Waals surface area (Å²) < 4.78 is 23.1.